The third kappa shape index (κ3) is 2.06. The van der Waals surface area contributed by atoms with Crippen LogP contribution in [0.25, 0.3) is 0 Å². The monoisotopic (exact) mass is 217 g/mol. The highest BCUT2D eigenvalue weighted by Crippen LogP contribution is 2.18. The first-order valence-corrected chi connectivity index (χ1v) is 6.81. The molecule has 0 saturated carbocycles. The van der Waals surface area contributed by atoms with Gasteiger partial charge in [-0.15, -0.1) is 0 Å². The van der Waals surface area contributed by atoms with E-state index in [-0.39, 0.29) is 0 Å². The quantitative estimate of drug-likeness (QED) is 0.697. The molecule has 14 heavy (non-hydrogen) atoms. The van der Waals surface area contributed by atoms with Gasteiger partial charge >= 0.3 is 0 Å². The Kier molecular flexibility index (Phi) is 3.03. The van der Waals surface area contributed by atoms with Gasteiger partial charge in [0, 0.05) is 10.6 Å². The minimum Gasteiger partial charge on any atom is -0.0622 e. The van der Waals surface area contributed by atoms with Gasteiger partial charge in [-0.3, -0.25) is 0 Å². The summed E-state index contributed by atoms with van der Waals surface area (Å²) in [5.41, 5.74) is 0. The predicted octanol–water partition coefficient (Wildman–Crippen LogP) is 2.58. The molecule has 1 radical (unpaired) electrons. The van der Waals surface area contributed by atoms with E-state index in [0.29, 0.717) is 0 Å². The summed E-state index contributed by atoms with van der Waals surface area (Å²) in [6.45, 7) is -0.587. The smallest absolute Gasteiger partial charge is 0.00858 e. The first-order valence-electron chi connectivity index (χ1n) is 4.45. The van der Waals surface area contributed by atoms with E-state index in [9.17, 15) is 0 Å². The third-order valence-corrected chi connectivity index (χ3v) is 4.78. The van der Waals surface area contributed by atoms with Crippen molar-refractivity contribution in [1.82, 2.24) is 0 Å². The highest BCUT2D eigenvalue weighted by atomic mass is 32.4. The fourth-order valence-corrected chi connectivity index (χ4v) is 3.19. The minimum absolute atomic E-state index is 0.587. The topological polar surface area (TPSA) is 0 Å². The zero-order valence-electron chi connectivity index (χ0n) is 7.63. The molecular weight excluding hydrogens is 207 g/mol. The molecule has 0 nitrogen and oxygen atoms in total. The zero-order valence-corrected chi connectivity index (χ0v) is 9.34. The van der Waals surface area contributed by atoms with Gasteiger partial charge < -0.3 is 0 Å². The lowest BCUT2D eigenvalue weighted by molar-refractivity contribution is 1.76. The van der Waals surface area contributed by atoms with Crippen molar-refractivity contribution in [2.24, 2.45) is 0 Å². The van der Waals surface area contributed by atoms with E-state index in [1.807, 2.05) is 36.4 Å². The number of hydrogen-bond donors (Lipinski definition) is 0. The van der Waals surface area contributed by atoms with Crippen LogP contribution < -0.4 is 10.6 Å². The van der Waals surface area contributed by atoms with E-state index in [1.54, 1.807) is 0 Å². The van der Waals surface area contributed by atoms with Crippen molar-refractivity contribution >= 4 is 29.1 Å². The molecule has 2 aromatic carbocycles. The van der Waals surface area contributed by atoms with Gasteiger partial charge in [-0.25, -0.2) is 0 Å². The van der Waals surface area contributed by atoms with E-state index >= 15 is 0 Å². The lowest BCUT2D eigenvalue weighted by atomic mass is 10.4. The highest BCUT2D eigenvalue weighted by Gasteiger charge is 2.00. The second-order valence-electron chi connectivity index (χ2n) is 2.97. The summed E-state index contributed by atoms with van der Waals surface area (Å²) in [7, 11) is 0. The van der Waals surface area contributed by atoms with Crippen molar-refractivity contribution in [3.8, 4) is 0 Å². The van der Waals surface area contributed by atoms with Gasteiger partial charge in [0.2, 0.25) is 0 Å². The highest BCUT2D eigenvalue weighted by molar-refractivity contribution is 8.12. The summed E-state index contributed by atoms with van der Waals surface area (Å²) >= 11 is 5.54. The Bertz CT molecular complexity index is 381. The fraction of sp³-hybridized carbons (Fsp3) is 0. The molecule has 2 heteroatoms. The first-order chi connectivity index (χ1) is 6.88. The van der Waals surface area contributed by atoms with Gasteiger partial charge in [-0.2, -0.15) is 0 Å². The van der Waals surface area contributed by atoms with Crippen LogP contribution in [0.5, 0.6) is 0 Å². The number of hydrogen-bond acceptors (Lipinski definition) is 1. The zero-order chi connectivity index (χ0) is 9.80. The van der Waals surface area contributed by atoms with E-state index in [2.05, 4.69) is 24.3 Å². The maximum Gasteiger partial charge on any atom is 0.00858 e. The first kappa shape index (κ1) is 9.51. The van der Waals surface area contributed by atoms with Gasteiger partial charge in [0.25, 0.3) is 0 Å². The van der Waals surface area contributed by atoms with Crippen molar-refractivity contribution in [3.05, 3.63) is 60.7 Å². The minimum atomic E-state index is -0.587. The molecule has 0 fully saturated rings. The Morgan fingerprint density at radius 1 is 0.643 bits per heavy atom. The molecule has 0 saturated heterocycles. The Labute approximate surface area is 90.0 Å². The Morgan fingerprint density at radius 3 is 1.36 bits per heavy atom. The van der Waals surface area contributed by atoms with E-state index in [4.69, 9.17) is 11.8 Å². The third-order valence-electron chi connectivity index (χ3n) is 1.98. The van der Waals surface area contributed by atoms with Crippen molar-refractivity contribution in [2.45, 2.75) is 0 Å². The molecule has 0 spiro atoms. The van der Waals surface area contributed by atoms with Crippen molar-refractivity contribution in [1.29, 1.82) is 0 Å². The molecule has 0 N–H and O–H groups in total. The molecule has 0 unspecified atom stereocenters. The summed E-state index contributed by atoms with van der Waals surface area (Å²) in [5.74, 6) is 0. The van der Waals surface area contributed by atoms with Crippen LogP contribution in [0.1, 0.15) is 0 Å². The summed E-state index contributed by atoms with van der Waals surface area (Å²) in [4.78, 5) is 0. The molecule has 2 rings (SSSR count). The van der Waals surface area contributed by atoms with Crippen molar-refractivity contribution in [2.75, 3.05) is 0 Å². The predicted molar refractivity (Wildman–Crippen MR) is 66.4 cm³/mol. The van der Waals surface area contributed by atoms with E-state index in [0.717, 1.165) is 0 Å². The van der Waals surface area contributed by atoms with Gasteiger partial charge in [-0.05, 0) is 31.0 Å². The summed E-state index contributed by atoms with van der Waals surface area (Å²) in [5, 5.41) is 2.51. The van der Waals surface area contributed by atoms with E-state index < -0.39 is 6.70 Å². The molecule has 0 aromatic heterocycles. The van der Waals surface area contributed by atoms with Crippen LogP contribution in [-0.2, 0) is 11.8 Å². The van der Waals surface area contributed by atoms with Crippen molar-refractivity contribution < 1.29 is 0 Å². The fourth-order valence-electron chi connectivity index (χ4n) is 1.28. The largest absolute Gasteiger partial charge is 0.0622 e. The SMILES string of the molecule is S=[P](c1ccccc1)c1ccccc1. The second kappa shape index (κ2) is 4.45. The van der Waals surface area contributed by atoms with Crippen molar-refractivity contribution in [3.63, 3.8) is 0 Å². The second-order valence-corrected chi connectivity index (χ2v) is 5.68. The average Bonchev–Trinajstić information content (AvgIpc) is 2.30. The molecule has 0 amide bonds. The maximum atomic E-state index is 5.54. The molecule has 0 aliphatic rings. The van der Waals surface area contributed by atoms with Crippen LogP contribution in [0.3, 0.4) is 0 Å². The lowest BCUT2D eigenvalue weighted by Gasteiger charge is -2.03. The van der Waals surface area contributed by atoms with E-state index in [1.165, 1.54) is 10.6 Å². The lowest BCUT2D eigenvalue weighted by Crippen LogP contribution is -2.04. The van der Waals surface area contributed by atoms with Crippen LogP contribution in [-0.4, -0.2) is 0 Å². The van der Waals surface area contributed by atoms with Crippen LogP contribution in [0.4, 0.5) is 0 Å². The van der Waals surface area contributed by atoms with Gasteiger partial charge in [0.1, 0.15) is 0 Å². The van der Waals surface area contributed by atoms with Crippen LogP contribution >= 0.6 is 6.70 Å². The summed E-state index contributed by atoms with van der Waals surface area (Å²) in [6.07, 6.45) is 0. The summed E-state index contributed by atoms with van der Waals surface area (Å²) in [6, 6.07) is 20.6. The van der Waals surface area contributed by atoms with Gasteiger partial charge in [-0.1, -0.05) is 48.2 Å². The molecule has 0 bridgehead atoms. The van der Waals surface area contributed by atoms with Gasteiger partial charge in [0.05, 0.1) is 0 Å². The molecule has 0 aliphatic carbocycles. The van der Waals surface area contributed by atoms with Gasteiger partial charge in [0.15, 0.2) is 0 Å². The Morgan fingerprint density at radius 2 is 1.00 bits per heavy atom. The molecule has 0 atom stereocenters. The molecule has 0 aliphatic heterocycles. The maximum absolute atomic E-state index is 5.54. The average molecular weight is 217 g/mol. The Hall–Kier alpha value is -1.04. The molecule has 0 heterocycles. The molecular formula is C12H10PS. The Balaban J connectivity index is 2.35. The van der Waals surface area contributed by atoms with Crippen LogP contribution in [0, 0.1) is 0 Å². The van der Waals surface area contributed by atoms with Crippen LogP contribution in [0.15, 0.2) is 60.7 Å². The molecule has 69 valence electrons. The standard InChI is InChI=1S/C12H10PS/c14-13(11-7-3-1-4-8-11)12-9-5-2-6-10-12/h1-10H. The molecule has 2 aromatic rings. The number of benzene rings is 2. The summed E-state index contributed by atoms with van der Waals surface area (Å²) < 4.78 is 0. The number of rotatable bonds is 2. The normalized spacial score (nSPS) is 9.71. The van der Waals surface area contributed by atoms with Crippen LogP contribution in [0.2, 0.25) is 0 Å².